The van der Waals surface area contributed by atoms with Gasteiger partial charge in [0, 0.05) is 33.0 Å². The summed E-state index contributed by atoms with van der Waals surface area (Å²) in [7, 11) is 3.46. The summed E-state index contributed by atoms with van der Waals surface area (Å²) in [4.78, 5) is 40.3. The van der Waals surface area contributed by atoms with Crippen LogP contribution in [0.1, 0.15) is 37.8 Å². The third-order valence-corrected chi connectivity index (χ3v) is 5.24. The zero-order valence-corrected chi connectivity index (χ0v) is 15.1. The van der Waals surface area contributed by atoms with E-state index in [1.807, 2.05) is 0 Å². The standard InChI is InChI=1S/C18H27N5O2/c1-21(2)17(25)18(15-13-19-8-9-20-15)7-6-12-23(18)16(24)14-22-10-4-3-5-11-22/h8-9,13H,3-7,10-12,14H2,1-2H3. The van der Waals surface area contributed by atoms with Crippen LogP contribution in [0.4, 0.5) is 0 Å². The van der Waals surface area contributed by atoms with E-state index in [1.165, 1.54) is 6.42 Å². The highest BCUT2D eigenvalue weighted by atomic mass is 16.2. The van der Waals surface area contributed by atoms with E-state index < -0.39 is 5.54 Å². The monoisotopic (exact) mass is 345 g/mol. The van der Waals surface area contributed by atoms with E-state index in [2.05, 4.69) is 14.9 Å². The number of amides is 2. The van der Waals surface area contributed by atoms with E-state index in [9.17, 15) is 9.59 Å². The summed E-state index contributed by atoms with van der Waals surface area (Å²) in [5.74, 6) is -0.0854. The van der Waals surface area contributed by atoms with E-state index >= 15 is 0 Å². The molecular weight excluding hydrogens is 318 g/mol. The first-order valence-corrected chi connectivity index (χ1v) is 9.07. The Labute approximate surface area is 149 Å². The minimum absolute atomic E-state index is 0.0141. The molecule has 2 saturated heterocycles. The van der Waals surface area contributed by atoms with Gasteiger partial charge in [-0.15, -0.1) is 0 Å². The number of carbonyl (C=O) groups excluding carboxylic acids is 2. The predicted octanol–water partition coefficient (Wildman–Crippen LogP) is 0.868. The van der Waals surface area contributed by atoms with Crippen molar-refractivity contribution < 1.29 is 9.59 Å². The molecule has 7 heteroatoms. The first-order chi connectivity index (χ1) is 12.1. The average molecular weight is 345 g/mol. The molecule has 3 rings (SSSR count). The molecule has 0 bridgehead atoms. The van der Waals surface area contributed by atoms with E-state index in [0.717, 1.165) is 32.4 Å². The van der Waals surface area contributed by atoms with Crippen LogP contribution < -0.4 is 0 Å². The topological polar surface area (TPSA) is 69.6 Å². The molecule has 0 radical (unpaired) electrons. The van der Waals surface area contributed by atoms with Crippen molar-refractivity contribution in [2.24, 2.45) is 0 Å². The number of carbonyl (C=O) groups is 2. The second-order valence-corrected chi connectivity index (χ2v) is 7.14. The summed E-state index contributed by atoms with van der Waals surface area (Å²) in [6.45, 7) is 2.88. The lowest BCUT2D eigenvalue weighted by atomic mass is 9.90. The Morgan fingerprint density at radius 3 is 2.52 bits per heavy atom. The number of likely N-dealkylation sites (tertiary alicyclic amines) is 2. The van der Waals surface area contributed by atoms with Crippen LogP contribution in [-0.2, 0) is 15.1 Å². The van der Waals surface area contributed by atoms with Crippen molar-refractivity contribution in [1.29, 1.82) is 0 Å². The van der Waals surface area contributed by atoms with Gasteiger partial charge in [-0.3, -0.25) is 24.5 Å². The van der Waals surface area contributed by atoms with Crippen LogP contribution in [-0.4, -0.2) is 76.8 Å². The molecule has 136 valence electrons. The Bertz CT molecular complexity index is 615. The molecule has 0 N–H and O–H groups in total. The van der Waals surface area contributed by atoms with Crippen LogP contribution in [0.3, 0.4) is 0 Å². The van der Waals surface area contributed by atoms with Gasteiger partial charge in [-0.25, -0.2) is 0 Å². The molecule has 0 aliphatic carbocycles. The van der Waals surface area contributed by atoms with Gasteiger partial charge in [0.2, 0.25) is 5.91 Å². The third-order valence-electron chi connectivity index (χ3n) is 5.24. The lowest BCUT2D eigenvalue weighted by molar-refractivity contribution is -0.151. The number of piperidine rings is 1. The van der Waals surface area contributed by atoms with Crippen molar-refractivity contribution in [3.63, 3.8) is 0 Å². The number of hydrogen-bond donors (Lipinski definition) is 0. The van der Waals surface area contributed by atoms with Crippen molar-refractivity contribution in [2.75, 3.05) is 40.3 Å². The minimum atomic E-state index is -1.02. The molecule has 25 heavy (non-hydrogen) atoms. The second-order valence-electron chi connectivity index (χ2n) is 7.14. The molecular formula is C18H27N5O2. The fourth-order valence-electron chi connectivity index (χ4n) is 4.03. The third kappa shape index (κ3) is 3.38. The summed E-state index contributed by atoms with van der Waals surface area (Å²) in [6.07, 6.45) is 9.69. The maximum absolute atomic E-state index is 13.1. The lowest BCUT2D eigenvalue weighted by Gasteiger charge is -2.39. The molecule has 3 heterocycles. The fraction of sp³-hybridized carbons (Fsp3) is 0.667. The lowest BCUT2D eigenvalue weighted by Crippen LogP contribution is -2.57. The number of nitrogens with zero attached hydrogens (tertiary/aromatic N) is 5. The molecule has 2 fully saturated rings. The largest absolute Gasteiger partial charge is 0.346 e. The van der Waals surface area contributed by atoms with Crippen LogP contribution in [0.5, 0.6) is 0 Å². The maximum Gasteiger partial charge on any atom is 0.254 e. The molecule has 0 aromatic carbocycles. The van der Waals surface area contributed by atoms with Gasteiger partial charge < -0.3 is 9.80 Å². The summed E-state index contributed by atoms with van der Waals surface area (Å²) >= 11 is 0. The van der Waals surface area contributed by atoms with Crippen LogP contribution >= 0.6 is 0 Å². The zero-order chi connectivity index (χ0) is 17.9. The smallest absolute Gasteiger partial charge is 0.254 e. The van der Waals surface area contributed by atoms with Crippen molar-refractivity contribution >= 4 is 11.8 Å². The van der Waals surface area contributed by atoms with Crippen LogP contribution in [0.15, 0.2) is 18.6 Å². The molecule has 1 aromatic heterocycles. The second kappa shape index (κ2) is 7.47. The van der Waals surface area contributed by atoms with E-state index in [4.69, 9.17) is 0 Å². The van der Waals surface area contributed by atoms with Crippen molar-refractivity contribution in [3.8, 4) is 0 Å². The average Bonchev–Trinajstić information content (AvgIpc) is 3.08. The number of aromatic nitrogens is 2. The van der Waals surface area contributed by atoms with Crippen molar-refractivity contribution in [3.05, 3.63) is 24.3 Å². The highest BCUT2D eigenvalue weighted by Gasteiger charge is 2.53. The van der Waals surface area contributed by atoms with E-state index in [1.54, 1.807) is 42.5 Å². The number of rotatable bonds is 4. The van der Waals surface area contributed by atoms with Gasteiger partial charge in [-0.2, -0.15) is 0 Å². The molecule has 1 unspecified atom stereocenters. The highest BCUT2D eigenvalue weighted by Crippen LogP contribution is 2.39. The molecule has 2 aliphatic rings. The Morgan fingerprint density at radius 2 is 1.88 bits per heavy atom. The van der Waals surface area contributed by atoms with Gasteiger partial charge in [-0.05, 0) is 38.8 Å². The summed E-state index contributed by atoms with van der Waals surface area (Å²) < 4.78 is 0. The van der Waals surface area contributed by atoms with Crippen molar-refractivity contribution in [2.45, 2.75) is 37.6 Å². The van der Waals surface area contributed by atoms with Gasteiger partial charge in [-0.1, -0.05) is 6.42 Å². The normalized spacial score (nSPS) is 24.3. The summed E-state index contributed by atoms with van der Waals surface area (Å²) in [5.41, 5.74) is -0.455. The van der Waals surface area contributed by atoms with Gasteiger partial charge in [0.1, 0.15) is 0 Å². The Morgan fingerprint density at radius 1 is 1.12 bits per heavy atom. The fourth-order valence-corrected chi connectivity index (χ4v) is 4.03. The SMILES string of the molecule is CN(C)C(=O)C1(c2cnccn2)CCCN1C(=O)CN1CCCCC1. The summed E-state index contributed by atoms with van der Waals surface area (Å²) in [6, 6.07) is 0. The van der Waals surface area contributed by atoms with Crippen LogP contribution in [0, 0.1) is 0 Å². The molecule has 2 amide bonds. The molecule has 0 saturated carbocycles. The summed E-state index contributed by atoms with van der Waals surface area (Å²) in [5, 5.41) is 0. The molecule has 1 aromatic rings. The van der Waals surface area contributed by atoms with Crippen LogP contribution in [0.25, 0.3) is 0 Å². The zero-order valence-electron chi connectivity index (χ0n) is 15.1. The highest BCUT2D eigenvalue weighted by molar-refractivity contribution is 5.93. The predicted molar refractivity (Wildman–Crippen MR) is 93.6 cm³/mol. The van der Waals surface area contributed by atoms with Gasteiger partial charge >= 0.3 is 0 Å². The Hall–Kier alpha value is -2.02. The van der Waals surface area contributed by atoms with Gasteiger partial charge in [0.25, 0.3) is 5.91 Å². The van der Waals surface area contributed by atoms with Gasteiger partial charge in [0.05, 0.1) is 18.4 Å². The Balaban J connectivity index is 1.90. The van der Waals surface area contributed by atoms with Crippen molar-refractivity contribution in [1.82, 2.24) is 24.7 Å². The first-order valence-electron chi connectivity index (χ1n) is 9.07. The molecule has 7 nitrogen and oxygen atoms in total. The van der Waals surface area contributed by atoms with Crippen LogP contribution in [0.2, 0.25) is 0 Å². The molecule has 1 atom stereocenters. The molecule has 2 aliphatic heterocycles. The van der Waals surface area contributed by atoms with E-state index in [0.29, 0.717) is 25.2 Å². The van der Waals surface area contributed by atoms with Gasteiger partial charge in [0.15, 0.2) is 5.54 Å². The van der Waals surface area contributed by atoms with E-state index in [-0.39, 0.29) is 11.8 Å². The first kappa shape index (κ1) is 17.8. The molecule has 0 spiro atoms. The quantitative estimate of drug-likeness (QED) is 0.810. The number of likely N-dealkylation sites (N-methyl/N-ethyl adjacent to an activating group) is 1. The minimum Gasteiger partial charge on any atom is -0.346 e. The maximum atomic E-state index is 13.1. The Kier molecular flexibility index (Phi) is 5.32. The number of hydrogen-bond acceptors (Lipinski definition) is 5.